The van der Waals surface area contributed by atoms with Crippen molar-refractivity contribution in [3.63, 3.8) is 0 Å². The van der Waals surface area contributed by atoms with Gasteiger partial charge in [0.05, 0.1) is 23.9 Å². The molecule has 0 aliphatic carbocycles. The summed E-state index contributed by atoms with van der Waals surface area (Å²) in [6.45, 7) is 0. The minimum atomic E-state index is -0.0134. The Hall–Kier alpha value is -2.26. The molecular formula is C15H15N3O2S. The molecule has 1 aromatic carbocycles. The second-order valence-electron chi connectivity index (χ2n) is 4.59. The zero-order chi connectivity index (χ0) is 15.4. The largest absolute Gasteiger partial charge is 0.497 e. The number of carbonyl (C=O) groups excluding carboxylic acids is 1. The van der Waals surface area contributed by atoms with E-state index in [1.165, 1.54) is 16.7 Å². The molecule has 0 bridgehead atoms. The summed E-state index contributed by atoms with van der Waals surface area (Å²) in [4.78, 5) is 17.6. The molecule has 2 rings (SSSR count). The van der Waals surface area contributed by atoms with Crippen molar-refractivity contribution in [2.24, 2.45) is 0 Å². The first-order valence-electron chi connectivity index (χ1n) is 6.27. The fraction of sp³-hybridized carbons (Fsp3) is 0.267. The third kappa shape index (κ3) is 3.44. The van der Waals surface area contributed by atoms with Crippen LogP contribution in [0.25, 0.3) is 10.9 Å². The number of ether oxygens (including phenoxy) is 1. The number of fused-ring (bicyclic) bond motifs is 1. The summed E-state index contributed by atoms with van der Waals surface area (Å²) in [6, 6.07) is 9.40. The fourth-order valence-corrected chi connectivity index (χ4v) is 2.65. The molecule has 0 aliphatic heterocycles. The normalized spacial score (nSPS) is 10.2. The van der Waals surface area contributed by atoms with Gasteiger partial charge in [-0.05, 0) is 24.3 Å². The van der Waals surface area contributed by atoms with Crippen LogP contribution < -0.4 is 4.74 Å². The second kappa shape index (κ2) is 6.46. The maximum atomic E-state index is 11.6. The van der Waals surface area contributed by atoms with Crippen LogP contribution in [0, 0.1) is 11.3 Å². The van der Waals surface area contributed by atoms with Crippen LogP contribution in [0.3, 0.4) is 0 Å². The Balaban J connectivity index is 2.35. The van der Waals surface area contributed by atoms with Crippen molar-refractivity contribution in [2.45, 2.75) is 5.03 Å². The van der Waals surface area contributed by atoms with Gasteiger partial charge in [0.1, 0.15) is 16.8 Å². The minimum absolute atomic E-state index is 0.0134. The number of hydrogen-bond acceptors (Lipinski definition) is 5. The van der Waals surface area contributed by atoms with Crippen molar-refractivity contribution in [3.05, 3.63) is 29.8 Å². The molecule has 0 saturated carbocycles. The Morgan fingerprint density at radius 3 is 2.81 bits per heavy atom. The highest BCUT2D eigenvalue weighted by Gasteiger charge is 2.11. The molecule has 21 heavy (non-hydrogen) atoms. The van der Waals surface area contributed by atoms with Gasteiger partial charge in [0.2, 0.25) is 5.91 Å². The van der Waals surface area contributed by atoms with E-state index >= 15 is 0 Å². The lowest BCUT2D eigenvalue weighted by atomic mass is 10.1. The number of hydrogen-bond donors (Lipinski definition) is 0. The molecule has 0 saturated heterocycles. The van der Waals surface area contributed by atoms with Gasteiger partial charge in [-0.2, -0.15) is 5.26 Å². The van der Waals surface area contributed by atoms with Gasteiger partial charge in [-0.25, -0.2) is 4.98 Å². The average molecular weight is 301 g/mol. The summed E-state index contributed by atoms with van der Waals surface area (Å²) in [6.07, 6.45) is 0. The van der Waals surface area contributed by atoms with E-state index in [-0.39, 0.29) is 11.7 Å². The number of pyridine rings is 1. The smallest absolute Gasteiger partial charge is 0.232 e. The molecule has 0 aliphatic rings. The third-order valence-corrected chi connectivity index (χ3v) is 3.91. The summed E-state index contributed by atoms with van der Waals surface area (Å²) in [5.74, 6) is 0.966. The first-order chi connectivity index (χ1) is 10.0. The summed E-state index contributed by atoms with van der Waals surface area (Å²) < 4.78 is 5.17. The highest BCUT2D eigenvalue weighted by atomic mass is 32.2. The number of nitrogens with zero attached hydrogens (tertiary/aromatic N) is 3. The van der Waals surface area contributed by atoms with Crippen LogP contribution in [0.1, 0.15) is 5.56 Å². The van der Waals surface area contributed by atoms with E-state index in [1.807, 2.05) is 18.2 Å². The molecule has 0 fully saturated rings. The number of thioether (sulfide) groups is 1. The molecule has 108 valence electrons. The number of benzene rings is 1. The molecule has 0 atom stereocenters. The van der Waals surface area contributed by atoms with Gasteiger partial charge in [-0.1, -0.05) is 11.8 Å². The van der Waals surface area contributed by atoms with Gasteiger partial charge in [-0.3, -0.25) is 4.79 Å². The first kappa shape index (κ1) is 15.1. The Kier molecular flexibility index (Phi) is 4.66. The van der Waals surface area contributed by atoms with Crippen LogP contribution >= 0.6 is 11.8 Å². The van der Waals surface area contributed by atoms with Crippen molar-refractivity contribution in [1.82, 2.24) is 9.88 Å². The molecule has 0 radical (unpaired) electrons. The van der Waals surface area contributed by atoms with Gasteiger partial charge in [0.15, 0.2) is 0 Å². The molecule has 5 nitrogen and oxygen atoms in total. The lowest BCUT2D eigenvalue weighted by molar-refractivity contribution is -0.125. The fourth-order valence-electron chi connectivity index (χ4n) is 1.71. The van der Waals surface area contributed by atoms with E-state index in [2.05, 4.69) is 11.1 Å². The van der Waals surface area contributed by atoms with Crippen LogP contribution in [0.4, 0.5) is 0 Å². The lowest BCUT2D eigenvalue weighted by Crippen LogP contribution is -2.23. The van der Waals surface area contributed by atoms with E-state index in [9.17, 15) is 10.1 Å². The zero-order valence-electron chi connectivity index (χ0n) is 12.1. The van der Waals surface area contributed by atoms with Crippen LogP contribution in [0.2, 0.25) is 0 Å². The molecular weight excluding hydrogens is 286 g/mol. The Morgan fingerprint density at radius 1 is 1.43 bits per heavy atom. The minimum Gasteiger partial charge on any atom is -0.497 e. The van der Waals surface area contributed by atoms with Crippen molar-refractivity contribution in [1.29, 1.82) is 5.26 Å². The summed E-state index contributed by atoms with van der Waals surface area (Å²) >= 11 is 1.28. The standard InChI is InChI=1S/C15H15N3O2S/c1-18(2)14(19)9-21-15-11(8-16)6-10-7-12(20-3)4-5-13(10)17-15/h4-7H,9H2,1-3H3. The van der Waals surface area contributed by atoms with Crippen LogP contribution in [-0.4, -0.2) is 42.7 Å². The quantitative estimate of drug-likeness (QED) is 0.811. The van der Waals surface area contributed by atoms with Crippen molar-refractivity contribution < 1.29 is 9.53 Å². The number of amides is 1. The number of rotatable bonds is 4. The molecule has 1 aromatic heterocycles. The molecule has 1 amide bonds. The van der Waals surface area contributed by atoms with Crippen molar-refractivity contribution in [2.75, 3.05) is 27.0 Å². The molecule has 1 heterocycles. The molecule has 0 spiro atoms. The average Bonchev–Trinajstić information content (AvgIpc) is 2.50. The second-order valence-corrected chi connectivity index (χ2v) is 5.55. The Morgan fingerprint density at radius 2 is 2.19 bits per heavy atom. The molecule has 0 unspecified atom stereocenters. The Labute approximate surface area is 127 Å². The van der Waals surface area contributed by atoms with Gasteiger partial charge >= 0.3 is 0 Å². The maximum absolute atomic E-state index is 11.6. The number of carbonyl (C=O) groups is 1. The highest BCUT2D eigenvalue weighted by Crippen LogP contribution is 2.27. The van der Waals surface area contributed by atoms with Crippen molar-refractivity contribution >= 4 is 28.6 Å². The SMILES string of the molecule is COc1ccc2nc(SCC(=O)N(C)C)c(C#N)cc2c1. The summed E-state index contributed by atoms with van der Waals surface area (Å²) in [5.41, 5.74) is 1.24. The molecule has 2 aromatic rings. The van der Waals surface area contributed by atoms with Crippen LogP contribution in [0.15, 0.2) is 29.3 Å². The predicted octanol–water partition coefficient (Wildman–Crippen LogP) is 2.30. The third-order valence-electron chi connectivity index (χ3n) is 2.94. The lowest BCUT2D eigenvalue weighted by Gasteiger charge is -2.10. The number of aromatic nitrogens is 1. The van der Waals surface area contributed by atoms with Gasteiger partial charge in [0, 0.05) is 19.5 Å². The van der Waals surface area contributed by atoms with Gasteiger partial charge in [-0.15, -0.1) is 0 Å². The first-order valence-corrected chi connectivity index (χ1v) is 7.25. The van der Waals surface area contributed by atoms with E-state index in [1.54, 1.807) is 27.3 Å². The van der Waals surface area contributed by atoms with Gasteiger partial charge in [0.25, 0.3) is 0 Å². The monoisotopic (exact) mass is 301 g/mol. The highest BCUT2D eigenvalue weighted by molar-refractivity contribution is 8.00. The van der Waals surface area contributed by atoms with E-state index in [0.29, 0.717) is 10.6 Å². The van der Waals surface area contributed by atoms with Crippen LogP contribution in [0.5, 0.6) is 5.75 Å². The predicted molar refractivity (Wildman–Crippen MR) is 82.4 cm³/mol. The van der Waals surface area contributed by atoms with Crippen LogP contribution in [-0.2, 0) is 4.79 Å². The molecule has 0 N–H and O–H groups in total. The summed E-state index contributed by atoms with van der Waals surface area (Å²) in [5, 5.41) is 10.7. The van der Waals surface area contributed by atoms with Crippen molar-refractivity contribution in [3.8, 4) is 11.8 Å². The van der Waals surface area contributed by atoms with E-state index < -0.39 is 0 Å². The van der Waals surface area contributed by atoms with E-state index in [0.717, 1.165) is 16.7 Å². The molecule has 6 heteroatoms. The summed E-state index contributed by atoms with van der Waals surface area (Å²) in [7, 11) is 5.00. The van der Waals surface area contributed by atoms with E-state index in [4.69, 9.17) is 4.74 Å². The maximum Gasteiger partial charge on any atom is 0.232 e. The van der Waals surface area contributed by atoms with Gasteiger partial charge < -0.3 is 9.64 Å². The number of nitriles is 1. The Bertz CT molecular complexity index is 723. The number of methoxy groups -OCH3 is 1. The zero-order valence-corrected chi connectivity index (χ0v) is 12.9. The topological polar surface area (TPSA) is 66.2 Å².